The number of anilines is 2. The molecule has 0 bridgehead atoms. The molecule has 2 heterocycles. The predicted octanol–water partition coefficient (Wildman–Crippen LogP) is 4.00. The van der Waals surface area contributed by atoms with E-state index in [4.69, 9.17) is 11.6 Å². The average molecular weight is 395 g/mol. The summed E-state index contributed by atoms with van der Waals surface area (Å²) in [4.78, 5) is 26.3. The molecule has 0 spiro atoms. The maximum atomic E-state index is 12.9. The highest BCUT2D eigenvalue weighted by Crippen LogP contribution is 2.31. The number of carbonyl (C=O) groups is 2. The van der Waals surface area contributed by atoms with Crippen LogP contribution in [0.4, 0.5) is 11.4 Å². The minimum Gasteiger partial charge on any atom is -0.322 e. The Morgan fingerprint density at radius 1 is 1.14 bits per heavy atom. The summed E-state index contributed by atoms with van der Waals surface area (Å²) in [7, 11) is 0. The summed E-state index contributed by atoms with van der Waals surface area (Å²) in [6.45, 7) is 3.98. The van der Waals surface area contributed by atoms with Crippen molar-refractivity contribution >= 4 is 34.8 Å². The Bertz CT molecular complexity index is 1080. The number of hydrogen-bond donors (Lipinski definition) is 1. The number of aromatic nitrogens is 2. The van der Waals surface area contributed by atoms with Crippen LogP contribution >= 0.6 is 11.6 Å². The lowest BCUT2D eigenvalue weighted by atomic mass is 10.1. The molecule has 2 amide bonds. The first-order valence-corrected chi connectivity index (χ1v) is 9.36. The Labute approximate surface area is 167 Å². The highest BCUT2D eigenvalue weighted by molar-refractivity contribution is 6.34. The highest BCUT2D eigenvalue weighted by Gasteiger charge is 2.24. The fourth-order valence-electron chi connectivity index (χ4n) is 3.50. The summed E-state index contributed by atoms with van der Waals surface area (Å²) in [5.74, 6) is -0.294. The number of para-hydroxylation sites is 1. The number of amides is 2. The minimum absolute atomic E-state index is 0.0197. The van der Waals surface area contributed by atoms with Crippen LogP contribution in [0, 0.1) is 6.92 Å². The average Bonchev–Trinajstić information content (AvgIpc) is 3.22. The van der Waals surface area contributed by atoms with Crippen LogP contribution in [0.5, 0.6) is 0 Å². The monoisotopic (exact) mass is 394 g/mol. The molecule has 2 aromatic carbocycles. The van der Waals surface area contributed by atoms with Crippen LogP contribution in [0.1, 0.15) is 28.5 Å². The number of hydrogen-bond acceptors (Lipinski definition) is 3. The molecule has 3 aromatic rings. The van der Waals surface area contributed by atoms with E-state index < -0.39 is 0 Å². The smallest absolute Gasteiger partial charge is 0.260 e. The van der Waals surface area contributed by atoms with E-state index in [0.717, 1.165) is 23.4 Å². The Morgan fingerprint density at radius 3 is 2.61 bits per heavy atom. The molecule has 4 rings (SSSR count). The third-order valence-corrected chi connectivity index (χ3v) is 5.19. The van der Waals surface area contributed by atoms with Crippen molar-refractivity contribution < 1.29 is 9.59 Å². The Morgan fingerprint density at radius 2 is 1.89 bits per heavy atom. The number of aryl methyl sites for hydroxylation is 1. The second-order valence-corrected chi connectivity index (χ2v) is 7.07. The summed E-state index contributed by atoms with van der Waals surface area (Å²) >= 11 is 6.47. The molecule has 0 saturated carbocycles. The number of halogens is 1. The van der Waals surface area contributed by atoms with Gasteiger partial charge in [-0.1, -0.05) is 29.8 Å². The maximum Gasteiger partial charge on any atom is 0.260 e. The number of benzene rings is 2. The van der Waals surface area contributed by atoms with Crippen molar-refractivity contribution in [2.24, 2.45) is 0 Å². The van der Waals surface area contributed by atoms with Gasteiger partial charge in [0.2, 0.25) is 5.91 Å². The van der Waals surface area contributed by atoms with E-state index in [1.807, 2.05) is 42.5 Å². The third-order valence-electron chi connectivity index (χ3n) is 4.84. The third kappa shape index (κ3) is 3.16. The fraction of sp³-hybridized carbons (Fsp3) is 0.190. The van der Waals surface area contributed by atoms with Gasteiger partial charge in [0, 0.05) is 24.8 Å². The zero-order valence-electron chi connectivity index (χ0n) is 15.6. The van der Waals surface area contributed by atoms with Gasteiger partial charge in [-0.15, -0.1) is 0 Å². The van der Waals surface area contributed by atoms with Crippen molar-refractivity contribution in [1.82, 2.24) is 9.78 Å². The quantitative estimate of drug-likeness (QED) is 0.730. The molecule has 0 unspecified atom stereocenters. The van der Waals surface area contributed by atoms with E-state index in [1.165, 1.54) is 0 Å². The summed E-state index contributed by atoms with van der Waals surface area (Å²) < 4.78 is 1.55. The molecule has 142 valence electrons. The second-order valence-electron chi connectivity index (χ2n) is 6.72. The molecule has 1 aromatic heterocycles. The number of nitrogens with zero attached hydrogens (tertiary/aromatic N) is 3. The first-order valence-electron chi connectivity index (χ1n) is 8.98. The molecular weight excluding hydrogens is 376 g/mol. The van der Waals surface area contributed by atoms with Gasteiger partial charge in [-0.05, 0) is 49.2 Å². The van der Waals surface area contributed by atoms with Crippen LogP contribution in [0.2, 0.25) is 5.15 Å². The lowest BCUT2D eigenvalue weighted by molar-refractivity contribution is -0.116. The van der Waals surface area contributed by atoms with Crippen LogP contribution in [0.25, 0.3) is 5.69 Å². The van der Waals surface area contributed by atoms with Gasteiger partial charge < -0.3 is 10.2 Å². The molecule has 28 heavy (non-hydrogen) atoms. The number of rotatable bonds is 3. The molecule has 1 aliphatic heterocycles. The van der Waals surface area contributed by atoms with Gasteiger partial charge in [-0.2, -0.15) is 5.10 Å². The summed E-state index contributed by atoms with van der Waals surface area (Å²) in [6.07, 6.45) is 0.768. The number of carbonyl (C=O) groups excluding carboxylic acids is 2. The summed E-state index contributed by atoms with van der Waals surface area (Å²) in [5, 5.41) is 7.58. The lowest BCUT2D eigenvalue weighted by Gasteiger charge is -2.15. The summed E-state index contributed by atoms with van der Waals surface area (Å²) in [6, 6.07) is 15.0. The van der Waals surface area contributed by atoms with Gasteiger partial charge in [-0.25, -0.2) is 4.68 Å². The van der Waals surface area contributed by atoms with Crippen molar-refractivity contribution in [2.45, 2.75) is 20.3 Å². The van der Waals surface area contributed by atoms with Gasteiger partial charge in [0.1, 0.15) is 10.7 Å². The molecular formula is C21H19ClN4O2. The topological polar surface area (TPSA) is 67.2 Å². The van der Waals surface area contributed by atoms with E-state index in [9.17, 15) is 9.59 Å². The Balaban J connectivity index is 1.60. The van der Waals surface area contributed by atoms with Crippen LogP contribution in [0.3, 0.4) is 0 Å². The second kappa shape index (κ2) is 7.13. The number of nitrogens with one attached hydrogen (secondary N) is 1. The molecule has 0 fully saturated rings. The SMILES string of the molecule is CC(=O)N1CCc2cc(NC(=O)c3c(C)nn(-c4ccccc4)c3Cl)ccc21. The molecule has 0 atom stereocenters. The zero-order chi connectivity index (χ0) is 19.8. The molecule has 1 aliphatic rings. The standard InChI is InChI=1S/C21H19ClN4O2/c1-13-19(20(22)26(24-13)17-6-4-3-5-7-17)21(28)23-16-8-9-18-15(12-16)10-11-25(18)14(2)27/h3-9,12H,10-11H2,1-2H3,(H,23,28). The van der Waals surface area contributed by atoms with E-state index in [-0.39, 0.29) is 17.0 Å². The molecule has 1 N–H and O–H groups in total. The van der Waals surface area contributed by atoms with Gasteiger partial charge in [0.25, 0.3) is 5.91 Å². The largest absolute Gasteiger partial charge is 0.322 e. The summed E-state index contributed by atoms with van der Waals surface area (Å²) in [5.41, 5.74) is 4.28. The Kier molecular flexibility index (Phi) is 4.65. The lowest BCUT2D eigenvalue weighted by Crippen LogP contribution is -2.25. The minimum atomic E-state index is -0.314. The van der Waals surface area contributed by atoms with Crippen molar-refractivity contribution in [3.8, 4) is 5.69 Å². The first-order chi connectivity index (χ1) is 13.5. The van der Waals surface area contributed by atoms with Gasteiger partial charge in [-0.3, -0.25) is 9.59 Å². The highest BCUT2D eigenvalue weighted by atomic mass is 35.5. The van der Waals surface area contributed by atoms with E-state index >= 15 is 0 Å². The Hall–Kier alpha value is -3.12. The van der Waals surface area contributed by atoms with Crippen LogP contribution in [-0.4, -0.2) is 28.1 Å². The van der Waals surface area contributed by atoms with Crippen LogP contribution in [-0.2, 0) is 11.2 Å². The maximum absolute atomic E-state index is 12.9. The van der Waals surface area contributed by atoms with Crippen molar-refractivity contribution in [3.63, 3.8) is 0 Å². The van der Waals surface area contributed by atoms with Gasteiger partial charge in [0.05, 0.1) is 11.4 Å². The first kappa shape index (κ1) is 18.3. The predicted molar refractivity (Wildman–Crippen MR) is 109 cm³/mol. The van der Waals surface area contributed by atoms with Crippen LogP contribution in [0.15, 0.2) is 48.5 Å². The molecule has 0 aliphatic carbocycles. The van der Waals surface area contributed by atoms with E-state index in [1.54, 1.807) is 29.5 Å². The fourth-order valence-corrected chi connectivity index (χ4v) is 3.86. The normalized spacial score (nSPS) is 12.8. The number of fused-ring (bicyclic) bond motifs is 1. The van der Waals surface area contributed by atoms with Crippen molar-refractivity contribution in [3.05, 3.63) is 70.5 Å². The van der Waals surface area contributed by atoms with Crippen LogP contribution < -0.4 is 10.2 Å². The zero-order valence-corrected chi connectivity index (χ0v) is 16.3. The van der Waals surface area contributed by atoms with E-state index in [2.05, 4.69) is 10.4 Å². The molecule has 0 saturated heterocycles. The molecule has 0 radical (unpaired) electrons. The van der Waals surface area contributed by atoms with E-state index in [0.29, 0.717) is 23.5 Å². The van der Waals surface area contributed by atoms with Gasteiger partial charge >= 0.3 is 0 Å². The van der Waals surface area contributed by atoms with Gasteiger partial charge in [0.15, 0.2) is 0 Å². The van der Waals surface area contributed by atoms with Crippen molar-refractivity contribution in [1.29, 1.82) is 0 Å². The molecule has 7 heteroatoms. The molecule has 6 nitrogen and oxygen atoms in total. The van der Waals surface area contributed by atoms with Crippen molar-refractivity contribution in [2.75, 3.05) is 16.8 Å².